The number of allylic oxidation sites excluding steroid dienone is 2. The van der Waals surface area contributed by atoms with Crippen LogP contribution in [0.1, 0.15) is 85.5 Å². The molecule has 0 saturated heterocycles. The van der Waals surface area contributed by atoms with Gasteiger partial charge in [-0.1, -0.05) is 42.5 Å². The third kappa shape index (κ3) is 5.80. The highest BCUT2D eigenvalue weighted by Gasteiger charge is 2.56. The lowest BCUT2D eigenvalue weighted by atomic mass is 9.65. The molecule has 0 amide bonds. The van der Waals surface area contributed by atoms with Crippen LogP contribution in [0.15, 0.2) is 76.0 Å². The molecule has 7 nitrogen and oxygen atoms in total. The Morgan fingerprint density at radius 3 is 2.84 bits per heavy atom. The molecule has 4 atom stereocenters. The number of methoxy groups -OCH3 is 1. The summed E-state index contributed by atoms with van der Waals surface area (Å²) in [5.41, 5.74) is 3.99. The van der Waals surface area contributed by atoms with Gasteiger partial charge >= 0.3 is 0 Å². The van der Waals surface area contributed by atoms with Crippen molar-refractivity contribution in [3.8, 4) is 5.75 Å². The van der Waals surface area contributed by atoms with Crippen molar-refractivity contribution in [2.75, 3.05) is 12.9 Å². The fourth-order valence-corrected chi connectivity index (χ4v) is 8.26. The number of aromatic amines is 1. The second-order valence-electron chi connectivity index (χ2n) is 12.5. The van der Waals surface area contributed by atoms with Gasteiger partial charge in [-0.3, -0.25) is 4.79 Å². The summed E-state index contributed by atoms with van der Waals surface area (Å²) in [4.78, 5) is 22.0. The first-order valence-corrected chi connectivity index (χ1v) is 16.1. The average molecular weight is 601 g/mol. The quantitative estimate of drug-likeness (QED) is 0.122. The van der Waals surface area contributed by atoms with E-state index in [0.29, 0.717) is 36.3 Å². The molecule has 0 radical (unpaired) electrons. The molecular weight excluding hydrogens is 560 g/mol. The lowest BCUT2D eigenvalue weighted by Gasteiger charge is -2.44. The first kappa shape index (κ1) is 29.7. The molecule has 8 heteroatoms. The summed E-state index contributed by atoms with van der Waals surface area (Å²) < 4.78 is 10.9. The number of benzene rings is 2. The zero-order valence-electron chi connectivity index (χ0n) is 25.1. The number of nitrogens with one attached hydrogen (secondary N) is 1. The number of aliphatic hydroxyl groups is 2. The molecule has 2 aromatic heterocycles. The average Bonchev–Trinajstić information content (AvgIpc) is 3.73. The van der Waals surface area contributed by atoms with E-state index in [4.69, 9.17) is 14.1 Å². The third-order valence-corrected chi connectivity index (χ3v) is 10.9. The summed E-state index contributed by atoms with van der Waals surface area (Å²) >= 11 is 1.54. The normalized spacial score (nSPS) is 26.2. The van der Waals surface area contributed by atoms with E-state index in [0.717, 1.165) is 58.7 Å². The van der Waals surface area contributed by atoms with Crippen molar-refractivity contribution in [2.24, 2.45) is 5.41 Å². The van der Waals surface area contributed by atoms with E-state index in [-0.39, 0.29) is 11.7 Å². The Morgan fingerprint density at radius 2 is 2.05 bits per heavy atom. The lowest BCUT2D eigenvalue weighted by molar-refractivity contribution is -0.0422. The van der Waals surface area contributed by atoms with Gasteiger partial charge in [0.05, 0.1) is 36.1 Å². The van der Waals surface area contributed by atoms with Gasteiger partial charge in [-0.2, -0.15) is 0 Å². The summed E-state index contributed by atoms with van der Waals surface area (Å²) in [6.07, 6.45) is 8.21. The maximum Gasteiger partial charge on any atom is 0.228 e. The molecule has 226 valence electrons. The molecule has 2 heterocycles. The molecule has 43 heavy (non-hydrogen) atoms. The van der Waals surface area contributed by atoms with Crippen LogP contribution >= 0.6 is 11.8 Å². The van der Waals surface area contributed by atoms with Gasteiger partial charge in [-0.05, 0) is 99.2 Å². The Labute approximate surface area is 256 Å². The van der Waals surface area contributed by atoms with Crippen LogP contribution in [0.4, 0.5) is 0 Å². The zero-order chi connectivity index (χ0) is 30.2. The summed E-state index contributed by atoms with van der Waals surface area (Å²) in [6.45, 7) is 4.32. The predicted octanol–water partition coefficient (Wildman–Crippen LogP) is 7.23. The monoisotopic (exact) mass is 600 g/mol. The maximum absolute atomic E-state index is 13.8. The second kappa shape index (κ2) is 12.0. The molecule has 2 aromatic carbocycles. The SMILES string of the molecule is COc1ccc2nc(SCC3(O)CCC4c5ccc(cc5C(=O)c5ccco5)CC(O)CCC(C)=CCCC43C)[nH]c2c1. The van der Waals surface area contributed by atoms with Crippen molar-refractivity contribution in [3.63, 3.8) is 0 Å². The van der Waals surface area contributed by atoms with Crippen molar-refractivity contribution in [2.45, 2.75) is 81.6 Å². The number of furan rings is 1. The van der Waals surface area contributed by atoms with Crippen LogP contribution in [0.25, 0.3) is 11.0 Å². The Morgan fingerprint density at radius 1 is 1.19 bits per heavy atom. The van der Waals surface area contributed by atoms with Gasteiger partial charge < -0.3 is 24.4 Å². The number of thioether (sulfide) groups is 1. The number of hydrogen-bond donors (Lipinski definition) is 3. The second-order valence-corrected chi connectivity index (χ2v) is 13.4. The number of hydrogen-bond acceptors (Lipinski definition) is 7. The van der Waals surface area contributed by atoms with E-state index in [2.05, 4.69) is 31.0 Å². The first-order valence-electron chi connectivity index (χ1n) is 15.1. The van der Waals surface area contributed by atoms with E-state index in [1.54, 1.807) is 31.0 Å². The van der Waals surface area contributed by atoms with Gasteiger partial charge in [-0.25, -0.2) is 4.98 Å². The topological polar surface area (TPSA) is 109 Å². The molecule has 4 unspecified atom stereocenters. The highest BCUT2D eigenvalue weighted by atomic mass is 32.2. The minimum atomic E-state index is -0.988. The predicted molar refractivity (Wildman–Crippen MR) is 169 cm³/mol. The van der Waals surface area contributed by atoms with Crippen molar-refractivity contribution in [1.29, 1.82) is 0 Å². The summed E-state index contributed by atoms with van der Waals surface area (Å²) in [6, 6.07) is 15.2. The number of imidazole rings is 1. The number of ketones is 1. The van der Waals surface area contributed by atoms with Crippen molar-refractivity contribution < 1.29 is 24.2 Å². The Kier molecular flexibility index (Phi) is 8.28. The van der Waals surface area contributed by atoms with Crippen LogP contribution in [-0.2, 0) is 6.42 Å². The van der Waals surface area contributed by atoms with Gasteiger partial charge in [0.2, 0.25) is 5.78 Å². The number of carbonyl (C=O) groups excluding carboxylic acids is 1. The molecule has 3 aliphatic rings. The van der Waals surface area contributed by atoms with E-state index in [1.165, 1.54) is 11.8 Å². The van der Waals surface area contributed by atoms with E-state index < -0.39 is 17.1 Å². The number of ether oxygens (including phenoxy) is 1. The standard InChI is InChI=1S/C35H40N2O5S/c1-22-6-4-15-34(2)28(14-16-35(34,40)21-43-33-36-29-13-11-25(41-3)20-30(29)37-33)26-12-9-23(18-24(38)10-8-22)19-27(26)32(39)31-7-5-17-42-31/h5-7,9,11-13,17,19-20,24,28,38,40H,4,8,10,14-16,18,21H2,1-3H3,(H,36,37). The molecule has 0 aliphatic heterocycles. The summed E-state index contributed by atoms with van der Waals surface area (Å²) in [7, 11) is 1.65. The lowest BCUT2D eigenvalue weighted by Crippen LogP contribution is -2.46. The van der Waals surface area contributed by atoms with E-state index >= 15 is 0 Å². The van der Waals surface area contributed by atoms with E-state index in [1.807, 2.05) is 30.3 Å². The Hall–Kier alpha value is -3.33. The Balaban J connectivity index is 1.37. The van der Waals surface area contributed by atoms with Crippen LogP contribution in [0.5, 0.6) is 5.75 Å². The molecule has 4 aromatic rings. The highest BCUT2D eigenvalue weighted by Crippen LogP contribution is 2.59. The van der Waals surface area contributed by atoms with Gasteiger partial charge in [-0.15, -0.1) is 0 Å². The molecule has 0 spiro atoms. The Bertz CT molecular complexity index is 1640. The number of aliphatic hydroxyl groups excluding tert-OH is 1. The van der Waals surface area contributed by atoms with Gasteiger partial charge in [0.1, 0.15) is 5.75 Å². The number of carbonyl (C=O) groups is 1. The van der Waals surface area contributed by atoms with Gasteiger partial charge in [0.25, 0.3) is 0 Å². The first-order chi connectivity index (χ1) is 20.7. The number of H-pyrrole nitrogens is 1. The molecule has 2 bridgehead atoms. The molecule has 1 fully saturated rings. The summed E-state index contributed by atoms with van der Waals surface area (Å²) in [5, 5.41) is 24.0. The van der Waals surface area contributed by atoms with Gasteiger partial charge in [0, 0.05) is 22.8 Å². The molecular formula is C35H40N2O5S. The zero-order valence-corrected chi connectivity index (χ0v) is 25.9. The minimum Gasteiger partial charge on any atom is -0.497 e. The largest absolute Gasteiger partial charge is 0.497 e. The fraction of sp³-hybridized carbons (Fsp3) is 0.429. The highest BCUT2D eigenvalue weighted by molar-refractivity contribution is 7.99. The van der Waals surface area contributed by atoms with Crippen molar-refractivity contribution >= 4 is 28.6 Å². The molecule has 7 rings (SSSR count). The van der Waals surface area contributed by atoms with E-state index in [9.17, 15) is 15.0 Å². The number of rotatable bonds is 6. The third-order valence-electron chi connectivity index (χ3n) is 9.78. The van der Waals surface area contributed by atoms with Crippen LogP contribution in [-0.4, -0.2) is 50.5 Å². The van der Waals surface area contributed by atoms with Crippen LogP contribution in [0.2, 0.25) is 0 Å². The maximum atomic E-state index is 13.8. The van der Waals surface area contributed by atoms with Gasteiger partial charge in [0.15, 0.2) is 10.9 Å². The van der Waals surface area contributed by atoms with Crippen LogP contribution in [0, 0.1) is 5.41 Å². The smallest absolute Gasteiger partial charge is 0.228 e. The number of aromatic nitrogens is 2. The van der Waals surface area contributed by atoms with Crippen LogP contribution in [0.3, 0.4) is 0 Å². The molecule has 1 saturated carbocycles. The van der Waals surface area contributed by atoms with Crippen LogP contribution < -0.4 is 4.74 Å². The molecule has 3 aliphatic carbocycles. The number of nitrogens with zero attached hydrogens (tertiary/aromatic N) is 1. The number of fused-ring (bicyclic) bond motifs is 9. The fourth-order valence-electron chi connectivity index (χ4n) is 7.06. The van der Waals surface area contributed by atoms with Crippen molar-refractivity contribution in [3.05, 3.63) is 88.9 Å². The van der Waals surface area contributed by atoms with Crippen molar-refractivity contribution in [1.82, 2.24) is 9.97 Å². The molecule has 3 N–H and O–H groups in total. The minimum absolute atomic E-state index is 0.0393. The summed E-state index contributed by atoms with van der Waals surface area (Å²) in [5.74, 6) is 1.34.